The second-order valence-electron chi connectivity index (χ2n) is 7.31. The molecule has 0 radical (unpaired) electrons. The second kappa shape index (κ2) is 8.06. The van der Waals surface area contributed by atoms with Gasteiger partial charge < -0.3 is 5.32 Å². The lowest BCUT2D eigenvalue weighted by atomic mass is 10.0. The maximum absolute atomic E-state index is 13.1. The summed E-state index contributed by atoms with van der Waals surface area (Å²) in [4.78, 5) is 18.0. The molecule has 0 unspecified atom stereocenters. The molecule has 0 saturated carbocycles. The summed E-state index contributed by atoms with van der Waals surface area (Å²) in [6.07, 6.45) is 2.81. The normalized spacial score (nSPS) is 17.3. The van der Waals surface area contributed by atoms with Crippen molar-refractivity contribution >= 4 is 16.9 Å². The van der Waals surface area contributed by atoms with Crippen LogP contribution in [0.25, 0.3) is 11.0 Å². The lowest BCUT2D eigenvalue weighted by molar-refractivity contribution is -0.118. The minimum absolute atomic E-state index is 0.0446. The van der Waals surface area contributed by atoms with Gasteiger partial charge in [-0.3, -0.25) is 9.69 Å². The molecule has 1 aliphatic rings. The number of nitrogens with one attached hydrogen (secondary N) is 1. The second-order valence-corrected chi connectivity index (χ2v) is 7.31. The maximum Gasteiger partial charge on any atom is 0.216 e. The average molecular weight is 381 g/mol. The van der Waals surface area contributed by atoms with Gasteiger partial charge in [0.15, 0.2) is 5.65 Å². The number of benzene rings is 1. The van der Waals surface area contributed by atoms with Gasteiger partial charge in [-0.05, 0) is 42.8 Å². The van der Waals surface area contributed by atoms with Gasteiger partial charge in [0.1, 0.15) is 5.82 Å². The van der Waals surface area contributed by atoms with Crippen LogP contribution >= 0.6 is 0 Å². The first kappa shape index (κ1) is 18.6. The zero-order valence-corrected chi connectivity index (χ0v) is 15.9. The van der Waals surface area contributed by atoms with E-state index in [4.69, 9.17) is 5.10 Å². The van der Waals surface area contributed by atoms with E-state index in [2.05, 4.69) is 21.3 Å². The summed E-state index contributed by atoms with van der Waals surface area (Å²) >= 11 is 0. The van der Waals surface area contributed by atoms with E-state index in [9.17, 15) is 9.18 Å². The molecule has 4 rings (SSSR count). The third-order valence-electron chi connectivity index (χ3n) is 5.21. The molecule has 3 aromatic rings. The Hall–Kier alpha value is -2.80. The van der Waals surface area contributed by atoms with Crippen LogP contribution in [0.2, 0.25) is 0 Å². The summed E-state index contributed by atoms with van der Waals surface area (Å²) < 4.78 is 15.0. The Bertz CT molecular complexity index is 969. The minimum atomic E-state index is -0.202. The van der Waals surface area contributed by atoms with Crippen LogP contribution in [0.4, 0.5) is 4.39 Å². The van der Waals surface area contributed by atoms with Crippen LogP contribution in [0.5, 0.6) is 0 Å². The number of pyridine rings is 1. The zero-order chi connectivity index (χ0) is 19.5. The van der Waals surface area contributed by atoms with Crippen molar-refractivity contribution in [2.24, 2.45) is 0 Å². The molecule has 7 heteroatoms. The Morgan fingerprint density at radius 1 is 1.29 bits per heavy atom. The van der Waals surface area contributed by atoms with Gasteiger partial charge in [-0.25, -0.2) is 14.1 Å². The molecule has 1 N–H and O–H groups in total. The third kappa shape index (κ3) is 4.04. The third-order valence-corrected chi connectivity index (χ3v) is 5.21. The van der Waals surface area contributed by atoms with Gasteiger partial charge in [-0.1, -0.05) is 12.1 Å². The molecule has 0 aliphatic carbocycles. The van der Waals surface area contributed by atoms with Crippen LogP contribution in [0.15, 0.2) is 42.6 Å². The number of halogens is 1. The Morgan fingerprint density at radius 2 is 2.11 bits per heavy atom. The molecule has 1 atom stereocenters. The molecule has 1 amide bonds. The summed E-state index contributed by atoms with van der Waals surface area (Å²) in [5, 5.41) is 8.74. The van der Waals surface area contributed by atoms with Gasteiger partial charge in [-0.2, -0.15) is 5.10 Å². The fourth-order valence-corrected chi connectivity index (χ4v) is 3.88. The van der Waals surface area contributed by atoms with Crippen LogP contribution in [-0.4, -0.2) is 45.2 Å². The molecular weight excluding hydrogens is 357 g/mol. The number of aromatic nitrogens is 3. The van der Waals surface area contributed by atoms with E-state index in [0.717, 1.165) is 48.3 Å². The van der Waals surface area contributed by atoms with Crippen molar-refractivity contribution in [2.75, 3.05) is 19.6 Å². The SMILES string of the molecule is CC(=O)NCCn1nc([C@@H]2CCN(Cc3ccc(F)cc3)C2)c2cccnc21. The van der Waals surface area contributed by atoms with Crippen molar-refractivity contribution < 1.29 is 9.18 Å². The highest BCUT2D eigenvalue weighted by Gasteiger charge is 2.28. The van der Waals surface area contributed by atoms with E-state index in [1.165, 1.54) is 19.1 Å². The Balaban J connectivity index is 1.49. The molecule has 1 aromatic carbocycles. The van der Waals surface area contributed by atoms with Gasteiger partial charge in [-0.15, -0.1) is 0 Å². The summed E-state index contributed by atoms with van der Waals surface area (Å²) in [5.41, 5.74) is 3.06. The predicted octanol–water partition coefficient (Wildman–Crippen LogP) is 2.70. The fraction of sp³-hybridized carbons (Fsp3) is 0.381. The standard InChI is InChI=1S/C21H24FN5O/c1-15(28)23-10-12-27-21-19(3-2-9-24-21)20(25-27)17-8-11-26(14-17)13-16-4-6-18(22)7-5-16/h2-7,9,17H,8,10-14H2,1H3,(H,23,28)/t17-/m1/s1. The number of fused-ring (bicyclic) bond motifs is 1. The fourth-order valence-electron chi connectivity index (χ4n) is 3.88. The lowest BCUT2D eigenvalue weighted by Crippen LogP contribution is -2.25. The number of carbonyl (C=O) groups is 1. The van der Waals surface area contributed by atoms with E-state index < -0.39 is 0 Å². The van der Waals surface area contributed by atoms with Crippen molar-refractivity contribution in [3.63, 3.8) is 0 Å². The van der Waals surface area contributed by atoms with Crippen LogP contribution in [0, 0.1) is 5.82 Å². The highest BCUT2D eigenvalue weighted by atomic mass is 19.1. The van der Waals surface area contributed by atoms with E-state index in [-0.39, 0.29) is 11.7 Å². The molecule has 6 nitrogen and oxygen atoms in total. The molecular formula is C21H24FN5O. The summed E-state index contributed by atoms with van der Waals surface area (Å²) in [7, 11) is 0. The molecule has 1 saturated heterocycles. The minimum Gasteiger partial charge on any atom is -0.354 e. The monoisotopic (exact) mass is 381 g/mol. The molecule has 1 aliphatic heterocycles. The molecule has 28 heavy (non-hydrogen) atoms. The van der Waals surface area contributed by atoms with Crippen LogP contribution in [0.1, 0.15) is 30.5 Å². The quantitative estimate of drug-likeness (QED) is 0.713. The van der Waals surface area contributed by atoms with Gasteiger partial charge in [0.2, 0.25) is 5.91 Å². The number of likely N-dealkylation sites (tertiary alicyclic amines) is 1. The molecule has 0 spiro atoms. The number of nitrogens with zero attached hydrogens (tertiary/aromatic N) is 4. The molecule has 0 bridgehead atoms. The number of hydrogen-bond donors (Lipinski definition) is 1. The van der Waals surface area contributed by atoms with E-state index in [1.807, 2.05) is 22.9 Å². The smallest absolute Gasteiger partial charge is 0.216 e. The topological polar surface area (TPSA) is 63.1 Å². The van der Waals surface area contributed by atoms with E-state index in [1.54, 1.807) is 6.20 Å². The summed E-state index contributed by atoms with van der Waals surface area (Å²) in [5.74, 6) is 0.0952. The van der Waals surface area contributed by atoms with E-state index >= 15 is 0 Å². The van der Waals surface area contributed by atoms with Crippen LogP contribution < -0.4 is 5.32 Å². The van der Waals surface area contributed by atoms with Crippen LogP contribution in [-0.2, 0) is 17.9 Å². The number of hydrogen-bond acceptors (Lipinski definition) is 4. The maximum atomic E-state index is 13.1. The highest BCUT2D eigenvalue weighted by molar-refractivity contribution is 5.79. The lowest BCUT2D eigenvalue weighted by Gasteiger charge is -2.15. The predicted molar refractivity (Wildman–Crippen MR) is 105 cm³/mol. The number of rotatable bonds is 6. The Labute approximate surface area is 163 Å². The number of carbonyl (C=O) groups excluding carboxylic acids is 1. The first-order valence-electron chi connectivity index (χ1n) is 9.63. The van der Waals surface area contributed by atoms with Gasteiger partial charge in [0, 0.05) is 44.1 Å². The van der Waals surface area contributed by atoms with Crippen LogP contribution in [0.3, 0.4) is 0 Å². The summed E-state index contributed by atoms with van der Waals surface area (Å²) in [6.45, 7) is 5.37. The first-order valence-corrected chi connectivity index (χ1v) is 9.63. The Kier molecular flexibility index (Phi) is 5.34. The summed E-state index contributed by atoms with van der Waals surface area (Å²) in [6, 6.07) is 10.7. The van der Waals surface area contributed by atoms with E-state index in [0.29, 0.717) is 19.0 Å². The van der Waals surface area contributed by atoms with Crippen molar-refractivity contribution in [1.29, 1.82) is 0 Å². The first-order chi connectivity index (χ1) is 13.6. The largest absolute Gasteiger partial charge is 0.354 e. The van der Waals surface area contributed by atoms with Crippen molar-refractivity contribution in [3.05, 3.63) is 59.7 Å². The van der Waals surface area contributed by atoms with Crippen molar-refractivity contribution in [1.82, 2.24) is 25.0 Å². The van der Waals surface area contributed by atoms with Crippen molar-refractivity contribution in [2.45, 2.75) is 32.4 Å². The zero-order valence-electron chi connectivity index (χ0n) is 15.9. The highest BCUT2D eigenvalue weighted by Crippen LogP contribution is 2.31. The van der Waals surface area contributed by atoms with Gasteiger partial charge >= 0.3 is 0 Å². The average Bonchev–Trinajstić information content (AvgIpc) is 3.28. The van der Waals surface area contributed by atoms with Gasteiger partial charge in [0.05, 0.1) is 12.2 Å². The molecule has 146 valence electrons. The molecule has 1 fully saturated rings. The Morgan fingerprint density at radius 3 is 2.89 bits per heavy atom. The van der Waals surface area contributed by atoms with Gasteiger partial charge in [0.25, 0.3) is 0 Å². The van der Waals surface area contributed by atoms with Crippen molar-refractivity contribution in [3.8, 4) is 0 Å². The number of amides is 1. The molecule has 3 heterocycles. The molecule has 2 aromatic heterocycles.